The van der Waals surface area contributed by atoms with Crippen LogP contribution in [0.3, 0.4) is 0 Å². The highest BCUT2D eigenvalue weighted by Gasteiger charge is 2.20. The molecule has 0 saturated heterocycles. The van der Waals surface area contributed by atoms with E-state index in [0.29, 0.717) is 12.1 Å². The van der Waals surface area contributed by atoms with Gasteiger partial charge in [-0.05, 0) is 32.7 Å². The minimum absolute atomic E-state index is 0.544. The van der Waals surface area contributed by atoms with Crippen molar-refractivity contribution in [3.8, 4) is 0 Å². The molecule has 0 aromatic carbocycles. The van der Waals surface area contributed by atoms with E-state index in [1.165, 1.54) is 12.8 Å². The maximum Gasteiger partial charge on any atom is 0.0589 e. The molecular weight excluding hydrogens is 240 g/mol. The van der Waals surface area contributed by atoms with E-state index in [9.17, 15) is 0 Å². The highest BCUT2D eigenvalue weighted by molar-refractivity contribution is 4.76. The molecule has 0 aromatic rings. The van der Waals surface area contributed by atoms with Gasteiger partial charge in [-0.25, -0.2) is 0 Å². The Hall–Kier alpha value is -0.160. The van der Waals surface area contributed by atoms with Crippen LogP contribution in [0.15, 0.2) is 0 Å². The number of hydrogen-bond donors (Lipinski definition) is 1. The second-order valence-electron chi connectivity index (χ2n) is 5.10. The highest BCUT2D eigenvalue weighted by Crippen LogP contribution is 2.12. The molecule has 0 rings (SSSR count). The van der Waals surface area contributed by atoms with Crippen molar-refractivity contribution in [2.24, 2.45) is 0 Å². The first-order valence-corrected chi connectivity index (χ1v) is 7.65. The molecule has 0 aromatic heterocycles. The standard InChI is InChI=1S/C15H34N2O2/c1-6-15(7-2)17(10-12-19-5)14(3)13-16-9-8-11-18-4/h14-16H,6-13H2,1-5H3. The summed E-state index contributed by atoms with van der Waals surface area (Å²) in [5.41, 5.74) is 0. The summed E-state index contributed by atoms with van der Waals surface area (Å²) in [5, 5.41) is 3.52. The van der Waals surface area contributed by atoms with Crippen molar-refractivity contribution < 1.29 is 9.47 Å². The van der Waals surface area contributed by atoms with Crippen molar-refractivity contribution in [2.45, 2.75) is 52.1 Å². The molecule has 4 nitrogen and oxygen atoms in total. The average Bonchev–Trinajstić information content (AvgIpc) is 2.43. The molecule has 19 heavy (non-hydrogen) atoms. The van der Waals surface area contributed by atoms with Crippen molar-refractivity contribution in [3.05, 3.63) is 0 Å². The first-order valence-electron chi connectivity index (χ1n) is 7.65. The molecule has 1 unspecified atom stereocenters. The molecule has 0 saturated carbocycles. The van der Waals surface area contributed by atoms with Crippen LogP contribution in [-0.2, 0) is 9.47 Å². The van der Waals surface area contributed by atoms with Crippen molar-refractivity contribution >= 4 is 0 Å². The van der Waals surface area contributed by atoms with Gasteiger partial charge >= 0.3 is 0 Å². The lowest BCUT2D eigenvalue weighted by Crippen LogP contribution is -2.47. The van der Waals surface area contributed by atoms with Crippen LogP contribution in [0.4, 0.5) is 0 Å². The van der Waals surface area contributed by atoms with E-state index in [4.69, 9.17) is 9.47 Å². The zero-order valence-electron chi connectivity index (χ0n) is 13.6. The molecule has 0 amide bonds. The van der Waals surface area contributed by atoms with Crippen LogP contribution in [0, 0.1) is 0 Å². The van der Waals surface area contributed by atoms with Gasteiger partial charge in [0.05, 0.1) is 6.61 Å². The molecule has 0 radical (unpaired) electrons. The van der Waals surface area contributed by atoms with Crippen molar-refractivity contribution in [1.29, 1.82) is 0 Å². The average molecular weight is 274 g/mol. The molecule has 0 aliphatic heterocycles. The predicted octanol–water partition coefficient (Wildman–Crippen LogP) is 2.14. The van der Waals surface area contributed by atoms with Crippen LogP contribution in [0.5, 0.6) is 0 Å². The fourth-order valence-corrected chi connectivity index (χ4v) is 2.49. The van der Waals surface area contributed by atoms with Gasteiger partial charge in [0.1, 0.15) is 0 Å². The van der Waals surface area contributed by atoms with E-state index in [-0.39, 0.29) is 0 Å². The normalized spacial score (nSPS) is 13.4. The van der Waals surface area contributed by atoms with Gasteiger partial charge in [-0.3, -0.25) is 4.90 Å². The molecule has 0 fully saturated rings. The third-order valence-electron chi connectivity index (χ3n) is 3.67. The van der Waals surface area contributed by atoms with Gasteiger partial charge < -0.3 is 14.8 Å². The molecule has 0 aliphatic rings. The molecular formula is C15H34N2O2. The zero-order valence-corrected chi connectivity index (χ0v) is 13.6. The van der Waals surface area contributed by atoms with Gasteiger partial charge in [-0.2, -0.15) is 0 Å². The summed E-state index contributed by atoms with van der Waals surface area (Å²) >= 11 is 0. The molecule has 0 aliphatic carbocycles. The van der Waals surface area contributed by atoms with Crippen molar-refractivity contribution in [1.82, 2.24) is 10.2 Å². The van der Waals surface area contributed by atoms with E-state index in [1.54, 1.807) is 14.2 Å². The minimum Gasteiger partial charge on any atom is -0.385 e. The lowest BCUT2D eigenvalue weighted by molar-refractivity contribution is 0.0849. The summed E-state index contributed by atoms with van der Waals surface area (Å²) in [6.07, 6.45) is 3.48. The molecule has 1 atom stereocenters. The Morgan fingerprint density at radius 1 is 1.05 bits per heavy atom. The van der Waals surface area contributed by atoms with E-state index in [2.05, 4.69) is 31.0 Å². The SMILES string of the molecule is CCC(CC)N(CCOC)C(C)CNCCCOC. The van der Waals surface area contributed by atoms with Crippen LogP contribution in [-0.4, -0.2) is 64.1 Å². The number of methoxy groups -OCH3 is 2. The molecule has 0 bridgehead atoms. The van der Waals surface area contributed by atoms with Crippen LogP contribution in [0.1, 0.15) is 40.0 Å². The Labute approximate surface area is 119 Å². The van der Waals surface area contributed by atoms with Crippen LogP contribution >= 0.6 is 0 Å². The van der Waals surface area contributed by atoms with E-state index >= 15 is 0 Å². The second kappa shape index (κ2) is 12.9. The maximum absolute atomic E-state index is 5.24. The predicted molar refractivity (Wildman–Crippen MR) is 81.8 cm³/mol. The zero-order chi connectivity index (χ0) is 14.5. The topological polar surface area (TPSA) is 33.7 Å². The van der Waals surface area contributed by atoms with Crippen LogP contribution in [0.2, 0.25) is 0 Å². The first kappa shape index (κ1) is 18.8. The van der Waals surface area contributed by atoms with Gasteiger partial charge in [-0.1, -0.05) is 13.8 Å². The van der Waals surface area contributed by atoms with Crippen LogP contribution in [0.25, 0.3) is 0 Å². The first-order chi connectivity index (χ1) is 9.21. The van der Waals surface area contributed by atoms with Gasteiger partial charge in [0.2, 0.25) is 0 Å². The number of hydrogen-bond acceptors (Lipinski definition) is 4. The summed E-state index contributed by atoms with van der Waals surface area (Å²) in [6, 6.07) is 1.20. The van der Waals surface area contributed by atoms with Crippen molar-refractivity contribution in [2.75, 3.05) is 47.1 Å². The van der Waals surface area contributed by atoms with E-state index < -0.39 is 0 Å². The fraction of sp³-hybridized carbons (Fsp3) is 1.00. The maximum atomic E-state index is 5.24. The molecule has 0 spiro atoms. The lowest BCUT2D eigenvalue weighted by atomic mass is 10.1. The summed E-state index contributed by atoms with van der Waals surface area (Å²) in [4.78, 5) is 2.58. The highest BCUT2D eigenvalue weighted by atomic mass is 16.5. The Morgan fingerprint density at radius 3 is 2.21 bits per heavy atom. The van der Waals surface area contributed by atoms with E-state index in [1.807, 2.05) is 0 Å². The molecule has 116 valence electrons. The summed E-state index contributed by atoms with van der Waals surface area (Å²) in [7, 11) is 3.53. The third-order valence-corrected chi connectivity index (χ3v) is 3.67. The summed E-state index contributed by atoms with van der Waals surface area (Å²) < 4.78 is 10.3. The molecule has 1 N–H and O–H groups in total. The number of rotatable bonds is 13. The number of nitrogens with one attached hydrogen (secondary N) is 1. The Kier molecular flexibility index (Phi) is 12.7. The van der Waals surface area contributed by atoms with Gasteiger partial charge in [0.15, 0.2) is 0 Å². The van der Waals surface area contributed by atoms with Gasteiger partial charge in [0.25, 0.3) is 0 Å². The monoisotopic (exact) mass is 274 g/mol. The Morgan fingerprint density at radius 2 is 1.68 bits per heavy atom. The lowest BCUT2D eigenvalue weighted by Gasteiger charge is -2.35. The number of nitrogens with zero attached hydrogens (tertiary/aromatic N) is 1. The quantitative estimate of drug-likeness (QED) is 0.522. The Balaban J connectivity index is 4.09. The summed E-state index contributed by atoms with van der Waals surface area (Å²) in [6.45, 7) is 11.6. The molecule has 4 heteroatoms. The third kappa shape index (κ3) is 8.58. The molecule has 0 heterocycles. The number of ether oxygens (including phenoxy) is 2. The Bertz CT molecular complexity index is 187. The smallest absolute Gasteiger partial charge is 0.0589 e. The van der Waals surface area contributed by atoms with E-state index in [0.717, 1.165) is 39.3 Å². The van der Waals surface area contributed by atoms with Gasteiger partial charge in [-0.15, -0.1) is 0 Å². The van der Waals surface area contributed by atoms with Crippen molar-refractivity contribution in [3.63, 3.8) is 0 Å². The van der Waals surface area contributed by atoms with Crippen LogP contribution < -0.4 is 5.32 Å². The second-order valence-corrected chi connectivity index (χ2v) is 5.10. The fourth-order valence-electron chi connectivity index (χ4n) is 2.49. The largest absolute Gasteiger partial charge is 0.385 e. The van der Waals surface area contributed by atoms with Gasteiger partial charge in [0, 0.05) is 46.0 Å². The minimum atomic E-state index is 0.544. The summed E-state index contributed by atoms with van der Waals surface area (Å²) in [5.74, 6) is 0.